The van der Waals surface area contributed by atoms with Gasteiger partial charge in [-0.2, -0.15) is 5.10 Å². The maximum atomic E-state index is 15.9. The average Bonchev–Trinajstić information content (AvgIpc) is 3.49. The van der Waals surface area contributed by atoms with E-state index in [4.69, 9.17) is 0 Å². The zero-order valence-corrected chi connectivity index (χ0v) is 18.9. The van der Waals surface area contributed by atoms with Gasteiger partial charge < -0.3 is 10.3 Å². The van der Waals surface area contributed by atoms with Gasteiger partial charge in [0, 0.05) is 42.0 Å². The van der Waals surface area contributed by atoms with Crippen LogP contribution in [0.15, 0.2) is 61.3 Å². The van der Waals surface area contributed by atoms with E-state index >= 15 is 4.39 Å². The van der Waals surface area contributed by atoms with Crippen molar-refractivity contribution in [2.45, 2.75) is 19.9 Å². The molecule has 6 rings (SSSR count). The van der Waals surface area contributed by atoms with Gasteiger partial charge in [0.05, 0.1) is 34.0 Å². The number of anilines is 1. The molecule has 0 radical (unpaired) electrons. The Morgan fingerprint density at radius 2 is 1.89 bits per heavy atom. The van der Waals surface area contributed by atoms with Gasteiger partial charge >= 0.3 is 0 Å². The summed E-state index contributed by atoms with van der Waals surface area (Å²) in [5.41, 5.74) is 5.15. The topological polar surface area (TPSA) is 121 Å². The van der Waals surface area contributed by atoms with Gasteiger partial charge in [-0.15, -0.1) is 0 Å². The quantitative estimate of drug-likeness (QED) is 0.328. The molecule has 0 aliphatic carbocycles. The molecular formula is C25H20FN9. The Hall–Kier alpha value is -4.73. The van der Waals surface area contributed by atoms with Crippen molar-refractivity contribution in [2.75, 3.05) is 5.32 Å². The van der Waals surface area contributed by atoms with E-state index in [1.807, 2.05) is 44.2 Å². The molecule has 0 saturated carbocycles. The molecule has 9 nitrogen and oxygen atoms in total. The van der Waals surface area contributed by atoms with Gasteiger partial charge in [0.15, 0.2) is 17.3 Å². The summed E-state index contributed by atoms with van der Waals surface area (Å²) in [7, 11) is 0. The largest absolute Gasteiger partial charge is 0.382 e. The highest BCUT2D eigenvalue weighted by atomic mass is 19.1. The number of aromatic nitrogens is 8. The van der Waals surface area contributed by atoms with Crippen LogP contribution in [0.25, 0.3) is 56.1 Å². The molecule has 0 fully saturated rings. The SMILES string of the molecule is CC(C)Nc1cncc(-c2ncc3[nH]nc(-c4nc5nccc(-c6ccccn6)c5[nH]4)c3c2F)c1. The Labute approximate surface area is 198 Å². The van der Waals surface area contributed by atoms with Crippen LogP contribution in [0.5, 0.6) is 0 Å². The fraction of sp³-hybridized carbons (Fsp3) is 0.120. The Bertz CT molecular complexity index is 1670. The summed E-state index contributed by atoms with van der Waals surface area (Å²) < 4.78 is 15.9. The first-order valence-electron chi connectivity index (χ1n) is 11.1. The molecule has 0 aromatic carbocycles. The lowest BCUT2D eigenvalue weighted by Crippen LogP contribution is -2.09. The number of aromatic amines is 2. The third kappa shape index (κ3) is 3.65. The van der Waals surface area contributed by atoms with E-state index in [9.17, 15) is 0 Å². The molecule has 0 spiro atoms. The summed E-state index contributed by atoms with van der Waals surface area (Å²) in [4.78, 5) is 25.2. The monoisotopic (exact) mass is 465 g/mol. The van der Waals surface area contributed by atoms with E-state index in [-0.39, 0.29) is 17.1 Å². The van der Waals surface area contributed by atoms with E-state index in [1.54, 1.807) is 31.0 Å². The normalized spacial score (nSPS) is 11.5. The van der Waals surface area contributed by atoms with Crippen molar-refractivity contribution in [3.8, 4) is 34.0 Å². The molecule has 0 saturated heterocycles. The zero-order chi connectivity index (χ0) is 23.9. The van der Waals surface area contributed by atoms with Crippen molar-refractivity contribution in [1.82, 2.24) is 40.1 Å². The first-order valence-corrected chi connectivity index (χ1v) is 11.1. The molecule has 0 amide bonds. The Kier molecular flexibility index (Phi) is 4.91. The van der Waals surface area contributed by atoms with Crippen molar-refractivity contribution in [3.05, 3.63) is 67.1 Å². The molecule has 0 unspecified atom stereocenters. The lowest BCUT2D eigenvalue weighted by atomic mass is 10.1. The molecule has 0 aliphatic rings. The van der Waals surface area contributed by atoms with Crippen LogP contribution >= 0.6 is 0 Å². The van der Waals surface area contributed by atoms with Gasteiger partial charge in [-0.25, -0.2) is 14.4 Å². The molecule has 0 aliphatic heterocycles. The Morgan fingerprint density at radius 3 is 2.71 bits per heavy atom. The number of halogens is 1. The van der Waals surface area contributed by atoms with Gasteiger partial charge in [-0.3, -0.25) is 20.1 Å². The summed E-state index contributed by atoms with van der Waals surface area (Å²) in [6, 6.07) is 9.59. The number of H-pyrrole nitrogens is 2. The molecule has 3 N–H and O–H groups in total. The third-order valence-corrected chi connectivity index (χ3v) is 5.57. The molecule has 6 aromatic heterocycles. The van der Waals surface area contributed by atoms with Crippen LogP contribution < -0.4 is 5.32 Å². The van der Waals surface area contributed by atoms with Gasteiger partial charge in [0.25, 0.3) is 0 Å². The number of imidazole rings is 1. The molecule has 10 heteroatoms. The van der Waals surface area contributed by atoms with Crippen LogP contribution in [0.3, 0.4) is 0 Å². The van der Waals surface area contributed by atoms with Crippen molar-refractivity contribution >= 4 is 27.8 Å². The number of hydrogen-bond donors (Lipinski definition) is 3. The number of fused-ring (bicyclic) bond motifs is 2. The predicted octanol–water partition coefficient (Wildman–Crippen LogP) is 4.98. The van der Waals surface area contributed by atoms with E-state index in [0.717, 1.165) is 16.9 Å². The Morgan fingerprint density at radius 1 is 0.971 bits per heavy atom. The minimum Gasteiger partial charge on any atom is -0.382 e. The standard InChI is InChI=1S/C25H20FN9/c1-13(2)31-15-9-14(10-27-11-15)21-20(26)19-18(12-30-21)34-35-23(19)25-32-22-16(6-8-29-24(22)33-25)17-5-3-4-7-28-17/h3-13,31H,1-2H3,(H,34,35)(H,29,32,33). The minimum absolute atomic E-state index is 0.184. The third-order valence-electron chi connectivity index (χ3n) is 5.57. The lowest BCUT2D eigenvalue weighted by Gasteiger charge is -2.11. The van der Waals surface area contributed by atoms with E-state index in [1.165, 1.54) is 0 Å². The molecule has 172 valence electrons. The molecule has 35 heavy (non-hydrogen) atoms. The molecule has 6 aromatic rings. The smallest absolute Gasteiger partial charge is 0.178 e. The van der Waals surface area contributed by atoms with Crippen molar-refractivity contribution < 1.29 is 4.39 Å². The fourth-order valence-corrected chi connectivity index (χ4v) is 4.09. The molecule has 6 heterocycles. The summed E-state index contributed by atoms with van der Waals surface area (Å²) in [6.07, 6.45) is 8.25. The second-order valence-corrected chi connectivity index (χ2v) is 8.40. The van der Waals surface area contributed by atoms with Crippen LogP contribution in [0, 0.1) is 5.82 Å². The minimum atomic E-state index is -0.506. The highest BCUT2D eigenvalue weighted by molar-refractivity contribution is 5.96. The first-order chi connectivity index (χ1) is 17.1. The van der Waals surface area contributed by atoms with Crippen molar-refractivity contribution in [1.29, 1.82) is 0 Å². The fourth-order valence-electron chi connectivity index (χ4n) is 4.09. The van der Waals surface area contributed by atoms with Crippen LogP contribution in [0.2, 0.25) is 0 Å². The van der Waals surface area contributed by atoms with Crippen LogP contribution in [-0.2, 0) is 0 Å². The van der Waals surface area contributed by atoms with Gasteiger partial charge in [0.2, 0.25) is 0 Å². The van der Waals surface area contributed by atoms with Gasteiger partial charge in [-0.1, -0.05) is 6.07 Å². The van der Waals surface area contributed by atoms with E-state index < -0.39 is 5.82 Å². The second kappa shape index (κ2) is 8.24. The van der Waals surface area contributed by atoms with Crippen molar-refractivity contribution in [2.24, 2.45) is 0 Å². The maximum absolute atomic E-state index is 15.9. The number of nitrogens with zero attached hydrogens (tertiary/aromatic N) is 6. The van der Waals surface area contributed by atoms with E-state index in [2.05, 4.69) is 45.4 Å². The first kappa shape index (κ1) is 20.8. The summed E-state index contributed by atoms with van der Waals surface area (Å²) >= 11 is 0. The number of nitrogens with one attached hydrogen (secondary N) is 3. The predicted molar refractivity (Wildman–Crippen MR) is 132 cm³/mol. The molecule has 0 atom stereocenters. The number of rotatable bonds is 5. The number of pyridine rings is 4. The van der Waals surface area contributed by atoms with Crippen molar-refractivity contribution in [3.63, 3.8) is 0 Å². The van der Waals surface area contributed by atoms with Crippen LogP contribution in [0.4, 0.5) is 10.1 Å². The van der Waals surface area contributed by atoms with E-state index in [0.29, 0.717) is 33.8 Å². The van der Waals surface area contributed by atoms with Crippen LogP contribution in [-0.4, -0.2) is 46.1 Å². The molecule has 0 bridgehead atoms. The lowest BCUT2D eigenvalue weighted by molar-refractivity contribution is 0.638. The highest BCUT2D eigenvalue weighted by Gasteiger charge is 2.21. The van der Waals surface area contributed by atoms with Crippen LogP contribution in [0.1, 0.15) is 13.8 Å². The second-order valence-electron chi connectivity index (χ2n) is 8.40. The van der Waals surface area contributed by atoms with Gasteiger partial charge in [-0.05, 0) is 38.1 Å². The van der Waals surface area contributed by atoms with Gasteiger partial charge in [0.1, 0.15) is 11.4 Å². The average molecular weight is 465 g/mol. The summed E-state index contributed by atoms with van der Waals surface area (Å²) in [5, 5.41) is 10.8. The zero-order valence-electron chi connectivity index (χ0n) is 18.9. The maximum Gasteiger partial charge on any atom is 0.178 e. The summed E-state index contributed by atoms with van der Waals surface area (Å²) in [5.74, 6) is -0.111. The highest BCUT2D eigenvalue weighted by Crippen LogP contribution is 2.34. The number of hydrogen-bond acceptors (Lipinski definition) is 7. The summed E-state index contributed by atoms with van der Waals surface area (Å²) in [6.45, 7) is 4.05. The molecular weight excluding hydrogens is 445 g/mol. The Balaban J connectivity index is 1.49.